The first kappa shape index (κ1) is 20.4. The molecule has 0 aliphatic rings. The van der Waals surface area contributed by atoms with Crippen LogP contribution in [0.1, 0.15) is 30.9 Å². The van der Waals surface area contributed by atoms with Crippen LogP contribution in [0.4, 0.5) is 5.69 Å². The van der Waals surface area contributed by atoms with Gasteiger partial charge in [0.05, 0.1) is 11.9 Å². The second-order valence-corrected chi connectivity index (χ2v) is 7.75. The average molecular weight is 356 g/mol. The summed E-state index contributed by atoms with van der Waals surface area (Å²) >= 11 is 0. The van der Waals surface area contributed by atoms with Gasteiger partial charge in [-0.1, -0.05) is 13.0 Å². The number of hydrogen-bond donors (Lipinski definition) is 1. The normalized spacial score (nSPS) is 12.7. The van der Waals surface area contributed by atoms with Crippen molar-refractivity contribution in [1.82, 2.24) is 5.32 Å². The fraction of sp³-hybridized carbons (Fsp3) is 0.588. The summed E-state index contributed by atoms with van der Waals surface area (Å²) < 4.78 is 30.8. The molecule has 0 fully saturated rings. The van der Waals surface area contributed by atoms with Crippen molar-refractivity contribution in [3.63, 3.8) is 0 Å². The minimum absolute atomic E-state index is 0.294. The summed E-state index contributed by atoms with van der Waals surface area (Å²) in [5, 5.41) is 2.79. The molecule has 0 bridgehead atoms. The second-order valence-electron chi connectivity index (χ2n) is 5.89. The molecule has 6 nitrogen and oxygen atoms in total. The lowest BCUT2D eigenvalue weighted by molar-refractivity contribution is -0.122. The van der Waals surface area contributed by atoms with E-state index in [0.717, 1.165) is 17.4 Å². The first-order valence-electron chi connectivity index (χ1n) is 8.05. The van der Waals surface area contributed by atoms with E-state index in [2.05, 4.69) is 5.32 Å². The molecule has 0 saturated carbocycles. The SMILES string of the molecule is CCC(C(=O)NCCCOC)N(c1ccc(C)c(C)c1)S(C)(=O)=O. The van der Waals surface area contributed by atoms with E-state index in [1.54, 1.807) is 26.2 Å². The van der Waals surface area contributed by atoms with E-state index < -0.39 is 16.1 Å². The van der Waals surface area contributed by atoms with Crippen molar-refractivity contribution in [2.24, 2.45) is 0 Å². The number of anilines is 1. The average Bonchev–Trinajstić information content (AvgIpc) is 2.50. The monoisotopic (exact) mass is 356 g/mol. The fourth-order valence-corrected chi connectivity index (χ4v) is 3.67. The summed E-state index contributed by atoms with van der Waals surface area (Å²) in [5.41, 5.74) is 2.57. The number of rotatable bonds is 9. The zero-order valence-electron chi connectivity index (χ0n) is 15.1. The van der Waals surface area contributed by atoms with Crippen molar-refractivity contribution in [3.8, 4) is 0 Å². The Labute approximate surface area is 145 Å². The standard InChI is InChI=1S/C17H28N2O4S/c1-6-16(17(20)18-10-7-11-23-4)19(24(5,21)22)15-9-8-13(2)14(3)12-15/h8-9,12,16H,6-7,10-11H2,1-5H3,(H,18,20). The van der Waals surface area contributed by atoms with Gasteiger partial charge in [-0.3, -0.25) is 9.10 Å². The number of nitrogens with one attached hydrogen (secondary N) is 1. The third kappa shape index (κ3) is 5.49. The molecule has 1 atom stereocenters. The van der Waals surface area contributed by atoms with Gasteiger partial charge in [0.2, 0.25) is 15.9 Å². The number of nitrogens with zero attached hydrogens (tertiary/aromatic N) is 1. The van der Waals surface area contributed by atoms with Crippen LogP contribution in [-0.4, -0.2) is 46.9 Å². The Morgan fingerprint density at radius 2 is 1.96 bits per heavy atom. The van der Waals surface area contributed by atoms with Crippen LogP contribution in [0.15, 0.2) is 18.2 Å². The number of methoxy groups -OCH3 is 1. The van der Waals surface area contributed by atoms with Gasteiger partial charge in [-0.25, -0.2) is 8.42 Å². The molecule has 7 heteroatoms. The molecule has 0 radical (unpaired) electrons. The van der Waals surface area contributed by atoms with Gasteiger partial charge in [-0.2, -0.15) is 0 Å². The summed E-state index contributed by atoms with van der Waals surface area (Å²) in [6.07, 6.45) is 2.19. The molecule has 0 aliphatic carbocycles. The van der Waals surface area contributed by atoms with Gasteiger partial charge in [-0.05, 0) is 49.9 Å². The van der Waals surface area contributed by atoms with E-state index in [-0.39, 0.29) is 5.91 Å². The van der Waals surface area contributed by atoms with E-state index in [0.29, 0.717) is 31.7 Å². The Morgan fingerprint density at radius 3 is 2.46 bits per heavy atom. The van der Waals surface area contributed by atoms with Crippen molar-refractivity contribution in [1.29, 1.82) is 0 Å². The molecule has 1 rings (SSSR count). The molecular weight excluding hydrogens is 328 g/mol. The number of benzene rings is 1. The van der Waals surface area contributed by atoms with Crippen molar-refractivity contribution in [2.45, 2.75) is 39.7 Å². The first-order valence-corrected chi connectivity index (χ1v) is 9.90. The lowest BCUT2D eigenvalue weighted by atomic mass is 10.1. The Balaban J connectivity index is 3.08. The minimum Gasteiger partial charge on any atom is -0.385 e. The molecule has 0 aromatic heterocycles. The van der Waals surface area contributed by atoms with E-state index in [9.17, 15) is 13.2 Å². The number of ether oxygens (including phenoxy) is 1. The van der Waals surface area contributed by atoms with Gasteiger partial charge in [0.25, 0.3) is 0 Å². The zero-order valence-corrected chi connectivity index (χ0v) is 15.9. The molecule has 24 heavy (non-hydrogen) atoms. The fourth-order valence-electron chi connectivity index (χ4n) is 2.47. The predicted molar refractivity (Wildman–Crippen MR) is 96.8 cm³/mol. The summed E-state index contributed by atoms with van der Waals surface area (Å²) in [4.78, 5) is 12.5. The van der Waals surface area contributed by atoms with Crippen molar-refractivity contribution < 1.29 is 17.9 Å². The largest absolute Gasteiger partial charge is 0.385 e. The van der Waals surface area contributed by atoms with Crippen LogP contribution in [0, 0.1) is 13.8 Å². The summed E-state index contributed by atoms with van der Waals surface area (Å²) in [6.45, 7) is 6.69. The Bertz CT molecular complexity index is 659. The van der Waals surface area contributed by atoms with Crippen molar-refractivity contribution >= 4 is 21.6 Å². The van der Waals surface area contributed by atoms with Crippen LogP contribution >= 0.6 is 0 Å². The molecule has 0 aliphatic heterocycles. The maximum atomic E-state index is 12.5. The van der Waals surface area contributed by atoms with Crippen LogP contribution in [0.3, 0.4) is 0 Å². The van der Waals surface area contributed by atoms with E-state index in [4.69, 9.17) is 4.74 Å². The predicted octanol–water partition coefficient (Wildman–Crippen LogP) is 2.00. The van der Waals surface area contributed by atoms with Crippen LogP contribution in [-0.2, 0) is 19.6 Å². The Kier molecular flexibility index (Phi) is 7.69. The number of aryl methyl sites for hydroxylation is 2. The zero-order chi connectivity index (χ0) is 18.3. The van der Waals surface area contributed by atoms with Gasteiger partial charge < -0.3 is 10.1 Å². The van der Waals surface area contributed by atoms with Gasteiger partial charge in [0.1, 0.15) is 6.04 Å². The lowest BCUT2D eigenvalue weighted by Gasteiger charge is -2.30. The number of amides is 1. The molecule has 0 spiro atoms. The smallest absolute Gasteiger partial charge is 0.243 e. The topological polar surface area (TPSA) is 75.7 Å². The van der Waals surface area contributed by atoms with Gasteiger partial charge in [0, 0.05) is 20.3 Å². The third-order valence-corrected chi connectivity index (χ3v) is 5.08. The number of carbonyl (C=O) groups excluding carboxylic acids is 1. The summed E-state index contributed by atoms with van der Waals surface area (Å²) in [6, 6.07) is 4.64. The van der Waals surface area contributed by atoms with Crippen LogP contribution in [0.2, 0.25) is 0 Å². The Hall–Kier alpha value is -1.60. The molecule has 0 saturated heterocycles. The van der Waals surface area contributed by atoms with Crippen molar-refractivity contribution in [2.75, 3.05) is 30.8 Å². The molecule has 1 amide bonds. The van der Waals surface area contributed by atoms with E-state index in [1.165, 1.54) is 4.31 Å². The third-order valence-electron chi connectivity index (χ3n) is 3.90. The van der Waals surface area contributed by atoms with Gasteiger partial charge >= 0.3 is 0 Å². The summed E-state index contributed by atoms with van der Waals surface area (Å²) in [5.74, 6) is -0.294. The first-order chi connectivity index (χ1) is 11.2. The quantitative estimate of drug-likeness (QED) is 0.687. The highest BCUT2D eigenvalue weighted by molar-refractivity contribution is 7.92. The molecule has 1 N–H and O–H groups in total. The molecule has 1 unspecified atom stereocenters. The molecule has 1 aromatic carbocycles. The molecule has 0 heterocycles. The Morgan fingerprint density at radius 1 is 1.29 bits per heavy atom. The molecule has 136 valence electrons. The lowest BCUT2D eigenvalue weighted by Crippen LogP contribution is -2.49. The second kappa shape index (κ2) is 9.03. The maximum absolute atomic E-state index is 12.5. The van der Waals surface area contributed by atoms with Crippen LogP contribution < -0.4 is 9.62 Å². The highest BCUT2D eigenvalue weighted by Crippen LogP contribution is 2.25. The number of hydrogen-bond acceptors (Lipinski definition) is 4. The summed E-state index contributed by atoms with van der Waals surface area (Å²) in [7, 11) is -1.99. The number of carbonyl (C=O) groups is 1. The van der Waals surface area contributed by atoms with Gasteiger partial charge in [0.15, 0.2) is 0 Å². The molecular formula is C17H28N2O4S. The highest BCUT2D eigenvalue weighted by atomic mass is 32.2. The maximum Gasteiger partial charge on any atom is 0.243 e. The minimum atomic E-state index is -3.59. The van der Waals surface area contributed by atoms with Gasteiger partial charge in [-0.15, -0.1) is 0 Å². The van der Waals surface area contributed by atoms with Crippen LogP contribution in [0.5, 0.6) is 0 Å². The van der Waals surface area contributed by atoms with Crippen molar-refractivity contribution in [3.05, 3.63) is 29.3 Å². The van der Waals surface area contributed by atoms with E-state index >= 15 is 0 Å². The van der Waals surface area contributed by atoms with Crippen LogP contribution in [0.25, 0.3) is 0 Å². The highest BCUT2D eigenvalue weighted by Gasteiger charge is 2.31. The van der Waals surface area contributed by atoms with E-state index in [1.807, 2.05) is 19.9 Å². The molecule has 1 aromatic rings. The number of sulfonamides is 1.